The average molecular weight is 268 g/mol. The lowest BCUT2D eigenvalue weighted by Gasteiger charge is -2.06. The van der Waals surface area contributed by atoms with Crippen molar-refractivity contribution >= 4 is 17.5 Å². The summed E-state index contributed by atoms with van der Waals surface area (Å²) in [5.41, 5.74) is -0.0725. The molecule has 0 saturated heterocycles. The first-order valence-electron chi connectivity index (χ1n) is 5.27. The largest absolute Gasteiger partial charge is 0.345 e. The van der Waals surface area contributed by atoms with Crippen LogP contribution >= 0.6 is 11.6 Å². The molecule has 0 unspecified atom stereocenters. The number of benzene rings is 1. The molecule has 0 spiro atoms. The Balaban J connectivity index is 2.08. The van der Waals surface area contributed by atoms with Crippen molar-refractivity contribution < 1.29 is 9.18 Å². The van der Waals surface area contributed by atoms with E-state index >= 15 is 0 Å². The number of aryl methyl sites for hydroxylation is 1. The molecule has 2 aromatic rings. The summed E-state index contributed by atoms with van der Waals surface area (Å²) in [6, 6.07) is 3.86. The van der Waals surface area contributed by atoms with Gasteiger partial charge in [-0.15, -0.1) is 0 Å². The summed E-state index contributed by atoms with van der Waals surface area (Å²) in [7, 11) is 1.81. The third-order valence-electron chi connectivity index (χ3n) is 2.50. The molecule has 0 aliphatic rings. The molecular formula is C12H11ClFN3O. The second-order valence-electron chi connectivity index (χ2n) is 3.76. The van der Waals surface area contributed by atoms with Crippen LogP contribution in [0.2, 0.25) is 5.02 Å². The van der Waals surface area contributed by atoms with Gasteiger partial charge in [0.05, 0.1) is 12.1 Å². The van der Waals surface area contributed by atoms with Crippen molar-refractivity contribution in [3.8, 4) is 0 Å². The molecular weight excluding hydrogens is 257 g/mol. The molecule has 0 fully saturated rings. The summed E-state index contributed by atoms with van der Waals surface area (Å²) < 4.78 is 15.2. The Kier molecular flexibility index (Phi) is 3.62. The monoisotopic (exact) mass is 267 g/mol. The molecule has 94 valence electrons. The van der Waals surface area contributed by atoms with Crippen molar-refractivity contribution in [3.63, 3.8) is 0 Å². The third-order valence-corrected chi connectivity index (χ3v) is 2.74. The van der Waals surface area contributed by atoms with E-state index in [1.165, 1.54) is 12.1 Å². The molecule has 0 aliphatic heterocycles. The summed E-state index contributed by atoms with van der Waals surface area (Å²) in [5, 5.41) is 2.91. The van der Waals surface area contributed by atoms with Gasteiger partial charge in [-0.3, -0.25) is 4.79 Å². The number of nitrogens with zero attached hydrogens (tertiary/aromatic N) is 2. The van der Waals surface area contributed by atoms with E-state index in [-0.39, 0.29) is 12.1 Å². The molecule has 4 nitrogen and oxygen atoms in total. The Hall–Kier alpha value is -1.88. The van der Waals surface area contributed by atoms with Crippen molar-refractivity contribution in [1.29, 1.82) is 0 Å². The minimum Gasteiger partial charge on any atom is -0.345 e. The second kappa shape index (κ2) is 5.18. The van der Waals surface area contributed by atoms with Crippen molar-refractivity contribution in [2.45, 2.75) is 6.54 Å². The Labute approximate surface area is 108 Å². The molecule has 0 atom stereocenters. The molecule has 2 rings (SSSR count). The van der Waals surface area contributed by atoms with Crippen LogP contribution in [0.15, 0.2) is 30.6 Å². The summed E-state index contributed by atoms with van der Waals surface area (Å²) in [4.78, 5) is 15.8. The lowest BCUT2D eigenvalue weighted by atomic mass is 10.2. The van der Waals surface area contributed by atoms with Gasteiger partial charge in [0.1, 0.15) is 11.6 Å². The van der Waals surface area contributed by atoms with Gasteiger partial charge >= 0.3 is 0 Å². The zero-order chi connectivity index (χ0) is 13.1. The molecule has 1 aromatic heterocycles. The van der Waals surface area contributed by atoms with E-state index in [1.54, 1.807) is 17.0 Å². The highest BCUT2D eigenvalue weighted by molar-refractivity contribution is 6.30. The van der Waals surface area contributed by atoms with E-state index < -0.39 is 11.7 Å². The number of imidazole rings is 1. The molecule has 0 saturated carbocycles. The van der Waals surface area contributed by atoms with Gasteiger partial charge in [-0.2, -0.15) is 0 Å². The standard InChI is InChI=1S/C12H11ClFN3O/c1-17-5-4-15-11(17)7-16-12(18)9-6-8(13)2-3-10(9)14/h2-6H,7H2,1H3,(H,16,18). The first-order chi connectivity index (χ1) is 8.58. The van der Waals surface area contributed by atoms with Crippen LogP contribution < -0.4 is 5.32 Å². The zero-order valence-electron chi connectivity index (χ0n) is 9.65. The van der Waals surface area contributed by atoms with E-state index in [1.807, 2.05) is 7.05 Å². The van der Waals surface area contributed by atoms with Crippen LogP contribution in [0, 0.1) is 5.82 Å². The van der Waals surface area contributed by atoms with Gasteiger partial charge in [-0.25, -0.2) is 9.37 Å². The van der Waals surface area contributed by atoms with Crippen molar-refractivity contribution in [2.24, 2.45) is 7.05 Å². The van der Waals surface area contributed by atoms with Gasteiger partial charge in [-0.1, -0.05) is 11.6 Å². The first-order valence-corrected chi connectivity index (χ1v) is 5.65. The highest BCUT2D eigenvalue weighted by Crippen LogP contribution is 2.14. The van der Waals surface area contributed by atoms with Crippen molar-refractivity contribution in [2.75, 3.05) is 0 Å². The van der Waals surface area contributed by atoms with Crippen LogP contribution in [0.4, 0.5) is 4.39 Å². The fourth-order valence-electron chi connectivity index (χ4n) is 1.49. The first kappa shape index (κ1) is 12.6. The maximum atomic E-state index is 13.4. The van der Waals surface area contributed by atoms with Crippen LogP contribution in [0.1, 0.15) is 16.2 Å². The van der Waals surface area contributed by atoms with Crippen molar-refractivity contribution in [1.82, 2.24) is 14.9 Å². The number of carbonyl (C=O) groups is 1. The summed E-state index contributed by atoms with van der Waals surface area (Å²) in [5.74, 6) is -0.430. The smallest absolute Gasteiger partial charge is 0.254 e. The van der Waals surface area contributed by atoms with Gasteiger partial charge < -0.3 is 9.88 Å². The quantitative estimate of drug-likeness (QED) is 0.926. The van der Waals surface area contributed by atoms with Gasteiger partial charge in [0, 0.05) is 24.5 Å². The Bertz CT molecular complexity index is 582. The molecule has 0 aliphatic carbocycles. The highest BCUT2D eigenvalue weighted by Gasteiger charge is 2.12. The minimum absolute atomic E-state index is 0.0725. The van der Waals surface area contributed by atoms with E-state index in [2.05, 4.69) is 10.3 Å². The van der Waals surface area contributed by atoms with Crippen molar-refractivity contribution in [3.05, 3.63) is 52.8 Å². The van der Waals surface area contributed by atoms with Gasteiger partial charge in [-0.05, 0) is 18.2 Å². The minimum atomic E-state index is -0.600. The molecule has 1 amide bonds. The van der Waals surface area contributed by atoms with Gasteiger partial charge in [0.2, 0.25) is 0 Å². The van der Waals surface area contributed by atoms with Crippen LogP contribution in [0.25, 0.3) is 0 Å². The molecule has 1 aromatic carbocycles. The van der Waals surface area contributed by atoms with Gasteiger partial charge in [0.25, 0.3) is 5.91 Å². The number of nitrogens with one attached hydrogen (secondary N) is 1. The maximum Gasteiger partial charge on any atom is 0.254 e. The molecule has 1 heterocycles. The van der Waals surface area contributed by atoms with Crippen LogP contribution in [0.3, 0.4) is 0 Å². The fourth-order valence-corrected chi connectivity index (χ4v) is 1.66. The lowest BCUT2D eigenvalue weighted by Crippen LogP contribution is -2.25. The van der Waals surface area contributed by atoms with Crippen LogP contribution in [0.5, 0.6) is 0 Å². The average Bonchev–Trinajstić information content (AvgIpc) is 2.75. The Morgan fingerprint density at radius 1 is 1.56 bits per heavy atom. The number of hydrogen-bond donors (Lipinski definition) is 1. The van der Waals surface area contributed by atoms with E-state index in [9.17, 15) is 9.18 Å². The number of hydrogen-bond acceptors (Lipinski definition) is 2. The normalized spacial score (nSPS) is 10.4. The number of amides is 1. The van der Waals surface area contributed by atoms with E-state index in [4.69, 9.17) is 11.6 Å². The van der Waals surface area contributed by atoms with E-state index in [0.29, 0.717) is 10.8 Å². The molecule has 1 N–H and O–H groups in total. The molecule has 0 radical (unpaired) electrons. The SMILES string of the molecule is Cn1ccnc1CNC(=O)c1cc(Cl)ccc1F. The fraction of sp³-hybridized carbons (Fsp3) is 0.167. The van der Waals surface area contributed by atoms with Crippen LogP contribution in [-0.2, 0) is 13.6 Å². The van der Waals surface area contributed by atoms with Gasteiger partial charge in [0.15, 0.2) is 0 Å². The molecule has 6 heteroatoms. The highest BCUT2D eigenvalue weighted by atomic mass is 35.5. The third kappa shape index (κ3) is 2.68. The molecule has 0 bridgehead atoms. The summed E-state index contributed by atoms with van der Waals surface area (Å²) in [6.07, 6.45) is 3.39. The lowest BCUT2D eigenvalue weighted by molar-refractivity contribution is 0.0945. The van der Waals surface area contributed by atoms with E-state index in [0.717, 1.165) is 6.07 Å². The topological polar surface area (TPSA) is 46.9 Å². The zero-order valence-corrected chi connectivity index (χ0v) is 10.4. The summed E-state index contributed by atoms with van der Waals surface area (Å²) >= 11 is 5.72. The number of halogens is 2. The maximum absolute atomic E-state index is 13.4. The number of aromatic nitrogens is 2. The Morgan fingerprint density at radius 3 is 3.00 bits per heavy atom. The number of carbonyl (C=O) groups excluding carboxylic acids is 1. The number of rotatable bonds is 3. The predicted octanol–water partition coefficient (Wildman–Crippen LogP) is 2.14. The Morgan fingerprint density at radius 2 is 2.33 bits per heavy atom. The summed E-state index contributed by atoms with van der Waals surface area (Å²) in [6.45, 7) is 0.230. The molecule has 18 heavy (non-hydrogen) atoms. The van der Waals surface area contributed by atoms with Crippen LogP contribution in [-0.4, -0.2) is 15.5 Å². The second-order valence-corrected chi connectivity index (χ2v) is 4.20. The predicted molar refractivity (Wildman–Crippen MR) is 65.8 cm³/mol.